The van der Waals surface area contributed by atoms with Crippen molar-refractivity contribution in [3.63, 3.8) is 0 Å². The highest BCUT2D eigenvalue weighted by Gasteiger charge is 2.29. The lowest BCUT2D eigenvalue weighted by Gasteiger charge is -2.03. The molecule has 0 spiro atoms. The molecule has 0 amide bonds. The van der Waals surface area contributed by atoms with Crippen LogP contribution in [-0.2, 0) is 0 Å². The van der Waals surface area contributed by atoms with Crippen LogP contribution in [0.4, 0.5) is 13.2 Å². The molecule has 0 aromatic carbocycles. The molecule has 1 N–H and O–H groups in total. The van der Waals surface area contributed by atoms with E-state index in [9.17, 15) is 13.2 Å². The van der Waals surface area contributed by atoms with E-state index < -0.39 is 5.51 Å². The van der Waals surface area contributed by atoms with E-state index in [-0.39, 0.29) is 16.7 Å². The van der Waals surface area contributed by atoms with Gasteiger partial charge in [0.15, 0.2) is 5.65 Å². The Hall–Kier alpha value is -1.24. The predicted octanol–water partition coefficient (Wildman–Crippen LogP) is 2.88. The number of nitrogens with zero attached hydrogens (tertiary/aromatic N) is 2. The molecule has 0 radical (unpaired) electrons. The SMILES string of the molecule is Cc1nc2ncc(SC(F)(F)F)cc2[nH]1. The van der Waals surface area contributed by atoms with E-state index in [1.165, 1.54) is 12.3 Å². The van der Waals surface area contributed by atoms with Crippen molar-refractivity contribution < 1.29 is 13.2 Å². The Morgan fingerprint density at radius 3 is 2.80 bits per heavy atom. The van der Waals surface area contributed by atoms with E-state index in [1.54, 1.807) is 6.92 Å². The standard InChI is InChI=1S/C8H6F3N3S/c1-4-13-6-2-5(15-8(9,10)11)3-12-7(6)14-4/h2-3H,1H3,(H,12,13,14). The predicted molar refractivity (Wildman–Crippen MR) is 50.5 cm³/mol. The molecule has 0 bridgehead atoms. The lowest BCUT2D eigenvalue weighted by atomic mass is 10.4. The van der Waals surface area contributed by atoms with Crippen molar-refractivity contribution in [3.8, 4) is 0 Å². The summed E-state index contributed by atoms with van der Waals surface area (Å²) in [4.78, 5) is 10.7. The zero-order valence-electron chi connectivity index (χ0n) is 7.59. The molecule has 2 heterocycles. The van der Waals surface area contributed by atoms with Gasteiger partial charge in [0.2, 0.25) is 0 Å². The number of fused-ring (bicyclic) bond motifs is 1. The number of hydrogen-bond acceptors (Lipinski definition) is 3. The number of nitrogens with one attached hydrogen (secondary N) is 1. The molecule has 2 aromatic rings. The molecule has 0 atom stereocenters. The van der Waals surface area contributed by atoms with Gasteiger partial charge in [0, 0.05) is 11.1 Å². The molecule has 0 aliphatic carbocycles. The minimum atomic E-state index is -4.29. The van der Waals surface area contributed by atoms with Crippen LogP contribution in [0, 0.1) is 6.92 Å². The second kappa shape index (κ2) is 3.41. The summed E-state index contributed by atoms with van der Waals surface area (Å²) in [5.41, 5.74) is -3.34. The first-order chi connectivity index (χ1) is 6.94. The number of thioether (sulfide) groups is 1. The Morgan fingerprint density at radius 1 is 1.40 bits per heavy atom. The fourth-order valence-electron chi connectivity index (χ4n) is 1.19. The fourth-order valence-corrected chi connectivity index (χ4v) is 1.74. The van der Waals surface area contributed by atoms with Gasteiger partial charge in [0.25, 0.3) is 0 Å². The number of rotatable bonds is 1. The average molecular weight is 233 g/mol. The highest BCUT2D eigenvalue weighted by Crippen LogP contribution is 2.36. The van der Waals surface area contributed by atoms with Crippen LogP contribution < -0.4 is 0 Å². The second-order valence-electron chi connectivity index (χ2n) is 2.91. The number of aromatic nitrogens is 3. The van der Waals surface area contributed by atoms with Crippen LogP contribution in [0.5, 0.6) is 0 Å². The van der Waals surface area contributed by atoms with Crippen LogP contribution in [0.25, 0.3) is 11.2 Å². The molecule has 0 aliphatic heterocycles. The number of alkyl halides is 3. The van der Waals surface area contributed by atoms with Gasteiger partial charge in [0.05, 0.1) is 5.52 Å². The Morgan fingerprint density at radius 2 is 2.13 bits per heavy atom. The van der Waals surface area contributed by atoms with Gasteiger partial charge >= 0.3 is 5.51 Å². The number of H-pyrrole nitrogens is 1. The van der Waals surface area contributed by atoms with Crippen molar-refractivity contribution in [2.75, 3.05) is 0 Å². The van der Waals surface area contributed by atoms with Gasteiger partial charge in [-0.3, -0.25) is 0 Å². The van der Waals surface area contributed by atoms with Gasteiger partial charge in [-0.05, 0) is 24.8 Å². The molecule has 0 fully saturated rings. The van der Waals surface area contributed by atoms with Gasteiger partial charge in [-0.1, -0.05) is 0 Å². The molecular weight excluding hydrogens is 227 g/mol. The van der Waals surface area contributed by atoms with Crippen molar-refractivity contribution in [2.24, 2.45) is 0 Å². The van der Waals surface area contributed by atoms with E-state index in [1.807, 2.05) is 0 Å². The molecule has 0 unspecified atom stereocenters. The van der Waals surface area contributed by atoms with E-state index in [0.29, 0.717) is 17.0 Å². The first kappa shape index (κ1) is 10.3. The number of imidazole rings is 1. The van der Waals surface area contributed by atoms with Crippen LogP contribution in [0.15, 0.2) is 17.2 Å². The van der Waals surface area contributed by atoms with Crippen LogP contribution in [0.1, 0.15) is 5.82 Å². The maximum absolute atomic E-state index is 12.1. The third-order valence-electron chi connectivity index (χ3n) is 1.66. The maximum atomic E-state index is 12.1. The highest BCUT2D eigenvalue weighted by atomic mass is 32.2. The molecule has 3 nitrogen and oxygen atoms in total. The maximum Gasteiger partial charge on any atom is 0.446 e. The van der Waals surface area contributed by atoms with Crippen LogP contribution >= 0.6 is 11.8 Å². The second-order valence-corrected chi connectivity index (χ2v) is 4.05. The molecule has 0 aliphatic rings. The third kappa shape index (κ3) is 2.41. The zero-order valence-corrected chi connectivity index (χ0v) is 8.41. The van der Waals surface area contributed by atoms with E-state index in [2.05, 4.69) is 15.0 Å². The summed E-state index contributed by atoms with van der Waals surface area (Å²) in [6, 6.07) is 1.39. The Balaban J connectivity index is 2.38. The summed E-state index contributed by atoms with van der Waals surface area (Å²) in [5.74, 6) is 0.631. The summed E-state index contributed by atoms with van der Waals surface area (Å²) in [6.07, 6.45) is 1.17. The Labute approximate surface area is 87.1 Å². The third-order valence-corrected chi connectivity index (χ3v) is 2.35. The molecule has 80 valence electrons. The van der Waals surface area contributed by atoms with E-state index in [0.717, 1.165) is 0 Å². The molecule has 0 saturated heterocycles. The monoisotopic (exact) mass is 233 g/mol. The Kier molecular flexibility index (Phi) is 2.34. The van der Waals surface area contributed by atoms with E-state index >= 15 is 0 Å². The van der Waals surface area contributed by atoms with E-state index in [4.69, 9.17) is 0 Å². The van der Waals surface area contributed by atoms with Crippen molar-refractivity contribution in [1.29, 1.82) is 0 Å². The van der Waals surface area contributed by atoms with Crippen molar-refractivity contribution >= 4 is 22.9 Å². The Bertz CT molecular complexity index is 491. The normalized spacial score (nSPS) is 12.3. The number of aryl methyl sites for hydroxylation is 1. The zero-order chi connectivity index (χ0) is 11.1. The summed E-state index contributed by atoms with van der Waals surface area (Å²) >= 11 is -0.185. The van der Waals surface area contributed by atoms with Crippen molar-refractivity contribution in [1.82, 2.24) is 15.0 Å². The first-order valence-corrected chi connectivity index (χ1v) is 4.84. The van der Waals surface area contributed by atoms with Crippen LogP contribution in [0.3, 0.4) is 0 Å². The van der Waals surface area contributed by atoms with Crippen LogP contribution in [-0.4, -0.2) is 20.5 Å². The first-order valence-electron chi connectivity index (χ1n) is 4.02. The molecule has 7 heteroatoms. The fraction of sp³-hybridized carbons (Fsp3) is 0.250. The van der Waals surface area contributed by atoms with Gasteiger partial charge < -0.3 is 4.98 Å². The lowest BCUT2D eigenvalue weighted by molar-refractivity contribution is -0.0328. The molecule has 2 rings (SSSR count). The lowest BCUT2D eigenvalue weighted by Crippen LogP contribution is -1.99. The van der Waals surface area contributed by atoms with Crippen molar-refractivity contribution in [2.45, 2.75) is 17.3 Å². The van der Waals surface area contributed by atoms with Crippen LogP contribution in [0.2, 0.25) is 0 Å². The quantitative estimate of drug-likeness (QED) is 0.770. The summed E-state index contributed by atoms with van der Waals surface area (Å²) in [5, 5.41) is 0. The summed E-state index contributed by atoms with van der Waals surface area (Å²) in [6.45, 7) is 1.72. The molecule has 15 heavy (non-hydrogen) atoms. The molecule has 2 aromatic heterocycles. The average Bonchev–Trinajstić information content (AvgIpc) is 2.40. The van der Waals surface area contributed by atoms with Gasteiger partial charge in [0.1, 0.15) is 5.82 Å². The number of hydrogen-bond donors (Lipinski definition) is 1. The summed E-state index contributed by atoms with van der Waals surface area (Å²) in [7, 11) is 0. The smallest absolute Gasteiger partial charge is 0.341 e. The highest BCUT2D eigenvalue weighted by molar-refractivity contribution is 8.00. The molecular formula is C8H6F3N3S. The largest absolute Gasteiger partial charge is 0.446 e. The van der Waals surface area contributed by atoms with Gasteiger partial charge in [-0.2, -0.15) is 13.2 Å². The summed E-state index contributed by atoms with van der Waals surface area (Å²) < 4.78 is 36.2. The number of halogens is 3. The van der Waals surface area contributed by atoms with Gasteiger partial charge in [-0.15, -0.1) is 0 Å². The van der Waals surface area contributed by atoms with Crippen molar-refractivity contribution in [3.05, 3.63) is 18.1 Å². The topological polar surface area (TPSA) is 41.6 Å². The molecule has 0 saturated carbocycles. The number of pyridine rings is 1. The minimum absolute atomic E-state index is 0.0543. The van der Waals surface area contributed by atoms with Gasteiger partial charge in [-0.25, -0.2) is 9.97 Å². The number of aromatic amines is 1. The minimum Gasteiger partial charge on any atom is -0.341 e.